The average molecular weight is 383 g/mol. The summed E-state index contributed by atoms with van der Waals surface area (Å²) in [6.07, 6.45) is 0. The van der Waals surface area contributed by atoms with E-state index in [0.717, 1.165) is 15.2 Å². The molecule has 0 aliphatic rings. The maximum absolute atomic E-state index is 12.3. The molecule has 7 heteroatoms. The molecule has 0 aliphatic carbocycles. The van der Waals surface area contributed by atoms with Gasteiger partial charge in [-0.05, 0) is 50.4 Å². The highest BCUT2D eigenvalue weighted by atomic mass is 32.1. The number of esters is 1. The van der Waals surface area contributed by atoms with Gasteiger partial charge in [0.05, 0.1) is 35.5 Å². The van der Waals surface area contributed by atoms with Crippen LogP contribution in [0.15, 0.2) is 48.5 Å². The van der Waals surface area contributed by atoms with E-state index >= 15 is 0 Å². The Hall–Kier alpha value is -2.77. The summed E-state index contributed by atoms with van der Waals surface area (Å²) in [4.78, 5) is 30.4. The van der Waals surface area contributed by atoms with Crippen LogP contribution in [0.25, 0.3) is 10.2 Å². The van der Waals surface area contributed by atoms with Crippen LogP contribution in [-0.2, 0) is 9.53 Å². The number of anilines is 1. The molecule has 1 N–H and O–H groups in total. The van der Waals surface area contributed by atoms with Crippen molar-refractivity contribution >= 4 is 39.1 Å². The minimum atomic E-state index is -0.405. The number of carbonyl (C=O) groups is 2. The molecule has 0 saturated carbocycles. The number of aromatic nitrogens is 1. The minimum Gasteiger partial charge on any atom is -0.465 e. The van der Waals surface area contributed by atoms with Crippen LogP contribution >= 0.6 is 11.3 Å². The Balaban J connectivity index is 1.60. The SMILES string of the molecule is COC(=O)c1ccc(NC(=O)CN(C)[C@@H](C)c2nc3ccccc3s2)cc1. The van der Waals surface area contributed by atoms with Crippen molar-refractivity contribution in [3.63, 3.8) is 0 Å². The first-order valence-corrected chi connectivity index (χ1v) is 9.33. The number of nitrogens with one attached hydrogen (secondary N) is 1. The van der Waals surface area contributed by atoms with Crippen molar-refractivity contribution in [3.05, 3.63) is 59.1 Å². The molecule has 0 spiro atoms. The summed E-state index contributed by atoms with van der Waals surface area (Å²) < 4.78 is 5.80. The quantitative estimate of drug-likeness (QED) is 0.657. The number of para-hydroxylation sites is 1. The normalized spacial score (nSPS) is 12.1. The fraction of sp³-hybridized carbons (Fsp3) is 0.250. The van der Waals surface area contributed by atoms with Gasteiger partial charge in [0, 0.05) is 5.69 Å². The molecule has 0 saturated heterocycles. The fourth-order valence-electron chi connectivity index (χ4n) is 2.63. The summed E-state index contributed by atoms with van der Waals surface area (Å²) >= 11 is 1.64. The molecule has 0 fully saturated rings. The monoisotopic (exact) mass is 383 g/mol. The molecule has 0 aliphatic heterocycles. The van der Waals surface area contributed by atoms with E-state index in [-0.39, 0.29) is 18.5 Å². The summed E-state index contributed by atoms with van der Waals surface area (Å²) in [5.74, 6) is -0.534. The van der Waals surface area contributed by atoms with Gasteiger partial charge in [-0.2, -0.15) is 0 Å². The molecular weight excluding hydrogens is 362 g/mol. The molecular formula is C20H21N3O3S. The van der Waals surface area contributed by atoms with Crippen molar-refractivity contribution < 1.29 is 14.3 Å². The van der Waals surface area contributed by atoms with Crippen molar-refractivity contribution in [1.82, 2.24) is 9.88 Å². The maximum Gasteiger partial charge on any atom is 0.337 e. The molecule has 0 unspecified atom stereocenters. The third-order valence-electron chi connectivity index (χ3n) is 4.31. The lowest BCUT2D eigenvalue weighted by Gasteiger charge is -2.22. The van der Waals surface area contributed by atoms with E-state index in [1.807, 2.05) is 43.1 Å². The van der Waals surface area contributed by atoms with Crippen LogP contribution < -0.4 is 5.32 Å². The van der Waals surface area contributed by atoms with Gasteiger partial charge in [0.25, 0.3) is 0 Å². The largest absolute Gasteiger partial charge is 0.465 e. The number of fused-ring (bicyclic) bond motifs is 1. The number of thiazole rings is 1. The summed E-state index contributed by atoms with van der Waals surface area (Å²) in [5, 5.41) is 3.82. The van der Waals surface area contributed by atoms with Crippen LogP contribution in [0.5, 0.6) is 0 Å². The Morgan fingerprint density at radius 1 is 1.19 bits per heavy atom. The van der Waals surface area contributed by atoms with Gasteiger partial charge in [-0.1, -0.05) is 12.1 Å². The number of hydrogen-bond acceptors (Lipinski definition) is 6. The lowest BCUT2D eigenvalue weighted by atomic mass is 10.2. The second-order valence-electron chi connectivity index (χ2n) is 6.23. The van der Waals surface area contributed by atoms with Crippen LogP contribution in [0, 0.1) is 0 Å². The fourth-order valence-corrected chi connectivity index (χ4v) is 3.71. The van der Waals surface area contributed by atoms with Gasteiger partial charge in [-0.25, -0.2) is 9.78 Å². The van der Waals surface area contributed by atoms with E-state index in [0.29, 0.717) is 11.3 Å². The smallest absolute Gasteiger partial charge is 0.337 e. The molecule has 6 nitrogen and oxygen atoms in total. The van der Waals surface area contributed by atoms with Gasteiger partial charge in [0.1, 0.15) is 5.01 Å². The maximum atomic E-state index is 12.3. The topological polar surface area (TPSA) is 71.5 Å². The van der Waals surface area contributed by atoms with Crippen LogP contribution in [0.1, 0.15) is 28.3 Å². The van der Waals surface area contributed by atoms with Gasteiger partial charge in [0.2, 0.25) is 5.91 Å². The number of ether oxygens (including phenoxy) is 1. The molecule has 27 heavy (non-hydrogen) atoms. The Morgan fingerprint density at radius 2 is 1.89 bits per heavy atom. The van der Waals surface area contributed by atoms with E-state index in [9.17, 15) is 9.59 Å². The molecule has 1 atom stereocenters. The summed E-state index contributed by atoms with van der Waals surface area (Å²) in [6, 6.07) is 14.6. The Bertz CT molecular complexity index is 920. The molecule has 3 rings (SSSR count). The number of amides is 1. The highest BCUT2D eigenvalue weighted by Gasteiger charge is 2.18. The van der Waals surface area contributed by atoms with Crippen molar-refractivity contribution in [2.45, 2.75) is 13.0 Å². The second kappa shape index (κ2) is 8.28. The van der Waals surface area contributed by atoms with Crippen molar-refractivity contribution in [3.8, 4) is 0 Å². The van der Waals surface area contributed by atoms with Crippen LogP contribution in [0.4, 0.5) is 5.69 Å². The first-order chi connectivity index (χ1) is 13.0. The van der Waals surface area contributed by atoms with Gasteiger partial charge in [-0.3, -0.25) is 9.69 Å². The van der Waals surface area contributed by atoms with Crippen LogP contribution in [-0.4, -0.2) is 42.5 Å². The van der Waals surface area contributed by atoms with Crippen molar-refractivity contribution in [2.24, 2.45) is 0 Å². The van der Waals surface area contributed by atoms with Crippen molar-refractivity contribution in [2.75, 3.05) is 26.0 Å². The number of nitrogens with zero attached hydrogens (tertiary/aromatic N) is 2. The third kappa shape index (κ3) is 4.50. The number of rotatable bonds is 6. The van der Waals surface area contributed by atoms with Gasteiger partial charge < -0.3 is 10.1 Å². The van der Waals surface area contributed by atoms with E-state index in [1.54, 1.807) is 35.6 Å². The summed E-state index contributed by atoms with van der Waals surface area (Å²) in [7, 11) is 3.23. The number of hydrogen-bond donors (Lipinski definition) is 1. The Labute approximate surface area is 161 Å². The van der Waals surface area contributed by atoms with E-state index < -0.39 is 5.97 Å². The first kappa shape index (κ1) is 19.0. The molecule has 2 aromatic carbocycles. The molecule has 3 aromatic rings. The van der Waals surface area contributed by atoms with Gasteiger partial charge in [-0.15, -0.1) is 11.3 Å². The zero-order chi connectivity index (χ0) is 19.4. The number of methoxy groups -OCH3 is 1. The predicted octanol–water partition coefficient (Wildman–Crippen LogP) is 3.71. The molecule has 0 radical (unpaired) electrons. The predicted molar refractivity (Wildman–Crippen MR) is 107 cm³/mol. The van der Waals surface area contributed by atoms with Crippen LogP contribution in [0.3, 0.4) is 0 Å². The van der Waals surface area contributed by atoms with Crippen molar-refractivity contribution in [1.29, 1.82) is 0 Å². The lowest BCUT2D eigenvalue weighted by molar-refractivity contribution is -0.117. The zero-order valence-corrected chi connectivity index (χ0v) is 16.2. The molecule has 1 amide bonds. The second-order valence-corrected chi connectivity index (χ2v) is 7.29. The van der Waals surface area contributed by atoms with E-state index in [4.69, 9.17) is 0 Å². The number of likely N-dealkylation sites (N-methyl/N-ethyl adjacent to an activating group) is 1. The standard InChI is InChI=1S/C20H21N3O3S/c1-13(19-22-16-6-4-5-7-17(16)27-19)23(2)12-18(24)21-15-10-8-14(9-11-15)20(25)26-3/h4-11,13H,12H2,1-3H3,(H,21,24)/t13-/m0/s1. The van der Waals surface area contributed by atoms with E-state index in [1.165, 1.54) is 7.11 Å². The molecule has 0 bridgehead atoms. The molecule has 140 valence electrons. The molecule has 1 aromatic heterocycles. The van der Waals surface area contributed by atoms with Crippen LogP contribution in [0.2, 0.25) is 0 Å². The zero-order valence-electron chi connectivity index (χ0n) is 15.4. The molecule has 1 heterocycles. The Morgan fingerprint density at radius 3 is 2.56 bits per heavy atom. The number of carbonyl (C=O) groups excluding carboxylic acids is 2. The van der Waals surface area contributed by atoms with E-state index in [2.05, 4.69) is 15.0 Å². The number of benzene rings is 2. The highest BCUT2D eigenvalue weighted by Crippen LogP contribution is 2.28. The first-order valence-electron chi connectivity index (χ1n) is 8.52. The highest BCUT2D eigenvalue weighted by molar-refractivity contribution is 7.18. The Kier molecular flexibility index (Phi) is 5.83. The summed E-state index contributed by atoms with van der Waals surface area (Å²) in [5.41, 5.74) is 2.05. The van der Waals surface area contributed by atoms with Gasteiger partial charge in [0.15, 0.2) is 0 Å². The minimum absolute atomic E-state index is 0.0230. The lowest BCUT2D eigenvalue weighted by Crippen LogP contribution is -2.32. The third-order valence-corrected chi connectivity index (χ3v) is 5.52. The summed E-state index contributed by atoms with van der Waals surface area (Å²) in [6.45, 7) is 2.27. The van der Waals surface area contributed by atoms with Gasteiger partial charge >= 0.3 is 5.97 Å². The average Bonchev–Trinajstić information content (AvgIpc) is 3.11.